The summed E-state index contributed by atoms with van der Waals surface area (Å²) in [5.41, 5.74) is -0.240. The van der Waals surface area contributed by atoms with E-state index in [9.17, 15) is 27.1 Å². The summed E-state index contributed by atoms with van der Waals surface area (Å²) in [7, 11) is -3.93. The van der Waals surface area contributed by atoms with E-state index in [-0.39, 0.29) is 30.9 Å². The summed E-state index contributed by atoms with van der Waals surface area (Å²) in [6.45, 7) is 5.72. The number of piperidine rings is 1. The Hall–Kier alpha value is -2.15. The molecule has 0 aromatic heterocycles. The van der Waals surface area contributed by atoms with Gasteiger partial charge in [-0.1, -0.05) is 24.3 Å². The molecule has 0 bridgehead atoms. The summed E-state index contributed by atoms with van der Waals surface area (Å²) in [5.74, 6) is -1.14. The van der Waals surface area contributed by atoms with Crippen molar-refractivity contribution in [1.82, 2.24) is 4.90 Å². The van der Waals surface area contributed by atoms with Crippen LogP contribution in [-0.2, 0) is 29.6 Å². The molecule has 3 N–H and O–H groups in total. The van der Waals surface area contributed by atoms with Gasteiger partial charge in [-0.2, -0.15) is 8.42 Å². The fraction of sp³-hybridized carbons (Fsp3) is 0.480. The number of aliphatic hydroxyl groups is 1. The summed E-state index contributed by atoms with van der Waals surface area (Å²) < 4.78 is 57.5. The standard InChI is InChI=1S/C21H26F2N2O4S.C4H8O2.ClH/c22-19-6-2-16(3-7-19)21(26,17-4-8-20(23)9-5-17)18-10-13-25(14-11-18)12-1-15-29-30(24,27)28;1-3-6-4(2)5;/h2-9,18,26H,1,10-15H2,(H2,24,27,28);3H2,1-2H3;1H. The Balaban J connectivity index is 0.000000876. The zero-order valence-electron chi connectivity index (χ0n) is 20.9. The van der Waals surface area contributed by atoms with Crippen LogP contribution < -0.4 is 5.14 Å². The Morgan fingerprint density at radius 2 is 1.51 bits per heavy atom. The predicted molar refractivity (Wildman–Crippen MR) is 138 cm³/mol. The molecule has 1 heterocycles. The number of nitrogens with zero attached hydrogens (tertiary/aromatic N) is 1. The lowest BCUT2D eigenvalue weighted by molar-refractivity contribution is -0.140. The monoisotopic (exact) mass is 564 g/mol. The molecule has 3 rings (SSSR count). The molecular formula is C25H35ClF2N2O6S. The first-order valence-electron chi connectivity index (χ1n) is 11.7. The van der Waals surface area contributed by atoms with E-state index in [1.807, 2.05) is 0 Å². The van der Waals surface area contributed by atoms with Crippen LogP contribution in [0.15, 0.2) is 48.5 Å². The predicted octanol–water partition coefficient (Wildman–Crippen LogP) is 3.51. The van der Waals surface area contributed by atoms with E-state index in [1.165, 1.54) is 31.2 Å². The van der Waals surface area contributed by atoms with Gasteiger partial charge in [-0.15, -0.1) is 12.4 Å². The number of halogens is 3. The highest BCUT2D eigenvalue weighted by atomic mass is 35.5. The van der Waals surface area contributed by atoms with E-state index in [0.717, 1.165) is 0 Å². The third-order valence-electron chi connectivity index (χ3n) is 5.96. The minimum atomic E-state index is -3.93. The third-order valence-corrected chi connectivity index (χ3v) is 6.46. The molecule has 0 amide bonds. The minimum Gasteiger partial charge on any atom is -0.466 e. The minimum absolute atomic E-state index is 0. The first-order chi connectivity index (χ1) is 17.0. The van der Waals surface area contributed by atoms with Crippen LogP contribution in [0.25, 0.3) is 0 Å². The molecule has 0 unspecified atom stereocenters. The van der Waals surface area contributed by atoms with Crippen LogP contribution in [0, 0.1) is 17.6 Å². The van der Waals surface area contributed by atoms with Gasteiger partial charge in [0.15, 0.2) is 0 Å². The number of hydrogen-bond acceptors (Lipinski definition) is 7. The first kappa shape index (κ1) is 32.9. The maximum absolute atomic E-state index is 13.5. The van der Waals surface area contributed by atoms with E-state index in [1.54, 1.807) is 31.2 Å². The molecular weight excluding hydrogens is 530 g/mol. The molecule has 1 saturated heterocycles. The zero-order valence-corrected chi connectivity index (χ0v) is 22.6. The van der Waals surface area contributed by atoms with Crippen molar-refractivity contribution in [1.29, 1.82) is 0 Å². The number of hydrogen-bond donors (Lipinski definition) is 2. The number of rotatable bonds is 9. The van der Waals surface area contributed by atoms with Crippen LogP contribution in [0.5, 0.6) is 0 Å². The fourth-order valence-electron chi connectivity index (χ4n) is 4.29. The lowest BCUT2D eigenvalue weighted by atomic mass is 9.72. The van der Waals surface area contributed by atoms with Gasteiger partial charge < -0.3 is 14.7 Å². The largest absolute Gasteiger partial charge is 0.466 e. The lowest BCUT2D eigenvalue weighted by Gasteiger charge is -2.42. The van der Waals surface area contributed by atoms with Crippen LogP contribution in [0.1, 0.15) is 44.2 Å². The topological polar surface area (TPSA) is 119 Å². The molecule has 1 aliphatic rings. The summed E-state index contributed by atoms with van der Waals surface area (Å²) in [6, 6.07) is 11.5. The molecule has 0 spiro atoms. The van der Waals surface area contributed by atoms with Crippen molar-refractivity contribution in [2.45, 2.75) is 38.7 Å². The molecule has 0 saturated carbocycles. The van der Waals surface area contributed by atoms with Crippen LogP contribution in [0.2, 0.25) is 0 Å². The molecule has 2 aromatic rings. The van der Waals surface area contributed by atoms with Crippen molar-refractivity contribution in [3.05, 3.63) is 71.3 Å². The van der Waals surface area contributed by atoms with Crippen LogP contribution >= 0.6 is 12.4 Å². The second kappa shape index (κ2) is 15.3. The Morgan fingerprint density at radius 1 is 1.05 bits per heavy atom. The van der Waals surface area contributed by atoms with Gasteiger partial charge in [0, 0.05) is 13.5 Å². The normalized spacial score (nSPS) is 14.8. The Morgan fingerprint density at radius 3 is 1.86 bits per heavy atom. The molecule has 208 valence electrons. The van der Waals surface area contributed by atoms with Crippen molar-refractivity contribution in [2.75, 3.05) is 32.8 Å². The van der Waals surface area contributed by atoms with Crippen molar-refractivity contribution < 1.29 is 36.0 Å². The number of benzene rings is 2. The number of esters is 1. The maximum atomic E-state index is 13.5. The van der Waals surface area contributed by atoms with Gasteiger partial charge >= 0.3 is 16.3 Å². The zero-order chi connectivity index (χ0) is 26.8. The van der Waals surface area contributed by atoms with Crippen LogP contribution in [0.4, 0.5) is 8.78 Å². The molecule has 2 aromatic carbocycles. The lowest BCUT2D eigenvalue weighted by Crippen LogP contribution is -2.44. The van der Waals surface area contributed by atoms with Crippen molar-refractivity contribution >= 4 is 28.7 Å². The highest BCUT2D eigenvalue weighted by Crippen LogP contribution is 2.42. The number of carbonyl (C=O) groups is 1. The first-order valence-corrected chi connectivity index (χ1v) is 13.2. The highest BCUT2D eigenvalue weighted by Gasteiger charge is 2.41. The summed E-state index contributed by atoms with van der Waals surface area (Å²) in [4.78, 5) is 12.0. The number of ether oxygens (including phenoxy) is 1. The Labute approximate surface area is 223 Å². The van der Waals surface area contributed by atoms with Gasteiger partial charge in [0.1, 0.15) is 17.2 Å². The number of likely N-dealkylation sites (tertiary alicyclic amines) is 1. The Kier molecular flexibility index (Phi) is 13.6. The van der Waals surface area contributed by atoms with E-state index < -0.39 is 27.5 Å². The number of carbonyl (C=O) groups excluding carboxylic acids is 1. The number of nitrogens with two attached hydrogens (primary N) is 1. The van der Waals surface area contributed by atoms with E-state index >= 15 is 0 Å². The SMILES string of the molecule is CCOC(C)=O.Cl.NS(=O)(=O)OCCCN1CCC(C(O)(c2ccc(F)cc2)c2ccc(F)cc2)CC1. The Bertz CT molecular complexity index is 1020. The van der Waals surface area contributed by atoms with Crippen molar-refractivity contribution in [2.24, 2.45) is 11.1 Å². The third kappa shape index (κ3) is 10.6. The van der Waals surface area contributed by atoms with Gasteiger partial charge in [-0.05, 0) is 80.6 Å². The molecule has 12 heteroatoms. The van der Waals surface area contributed by atoms with Gasteiger partial charge in [0.2, 0.25) is 0 Å². The molecule has 1 aliphatic heterocycles. The summed E-state index contributed by atoms with van der Waals surface area (Å²) in [5, 5.41) is 16.6. The van der Waals surface area contributed by atoms with Gasteiger partial charge in [-0.25, -0.2) is 13.9 Å². The fourth-order valence-corrected chi connectivity index (χ4v) is 4.64. The maximum Gasteiger partial charge on any atom is 0.333 e. The molecule has 37 heavy (non-hydrogen) atoms. The van der Waals surface area contributed by atoms with Crippen molar-refractivity contribution in [3.63, 3.8) is 0 Å². The molecule has 0 aliphatic carbocycles. The average Bonchev–Trinajstić information content (AvgIpc) is 2.82. The summed E-state index contributed by atoms with van der Waals surface area (Å²) >= 11 is 0. The molecule has 8 nitrogen and oxygen atoms in total. The highest BCUT2D eigenvalue weighted by molar-refractivity contribution is 7.84. The quantitative estimate of drug-likeness (QED) is 0.353. The molecule has 0 radical (unpaired) electrons. The summed E-state index contributed by atoms with van der Waals surface area (Å²) in [6.07, 6.45) is 1.85. The average molecular weight is 565 g/mol. The van der Waals surface area contributed by atoms with Gasteiger partial charge in [0.25, 0.3) is 0 Å². The van der Waals surface area contributed by atoms with Crippen LogP contribution in [0.3, 0.4) is 0 Å². The van der Waals surface area contributed by atoms with Gasteiger partial charge in [0.05, 0.1) is 13.2 Å². The van der Waals surface area contributed by atoms with Gasteiger partial charge in [-0.3, -0.25) is 8.98 Å². The smallest absolute Gasteiger partial charge is 0.333 e. The molecule has 0 atom stereocenters. The second-order valence-electron chi connectivity index (χ2n) is 8.49. The van der Waals surface area contributed by atoms with E-state index in [4.69, 9.17) is 5.14 Å². The molecule has 1 fully saturated rings. The van der Waals surface area contributed by atoms with Crippen molar-refractivity contribution in [3.8, 4) is 0 Å². The van der Waals surface area contributed by atoms with E-state index in [2.05, 4.69) is 13.8 Å². The van der Waals surface area contributed by atoms with Crippen LogP contribution in [-0.4, -0.2) is 57.2 Å². The van der Waals surface area contributed by atoms with E-state index in [0.29, 0.717) is 56.6 Å². The second-order valence-corrected chi connectivity index (χ2v) is 9.71.